The summed E-state index contributed by atoms with van der Waals surface area (Å²) in [6.45, 7) is 1.17. The van der Waals surface area contributed by atoms with Crippen LogP contribution in [0, 0.1) is 0 Å². The van der Waals surface area contributed by atoms with E-state index in [1.807, 2.05) is 47.4 Å². The third kappa shape index (κ3) is 3.74. The summed E-state index contributed by atoms with van der Waals surface area (Å²) in [4.78, 5) is 22.0. The van der Waals surface area contributed by atoms with Crippen LogP contribution in [0.4, 0.5) is 16.3 Å². The van der Waals surface area contributed by atoms with E-state index in [0.717, 1.165) is 22.6 Å². The number of benzene rings is 2. The number of amides is 2. The number of anilines is 2. The number of pyridine rings is 1. The van der Waals surface area contributed by atoms with Crippen LogP contribution in [-0.2, 0) is 24.1 Å². The van der Waals surface area contributed by atoms with Gasteiger partial charge in [0.1, 0.15) is 12.1 Å². The maximum atomic E-state index is 13.3. The van der Waals surface area contributed by atoms with Gasteiger partial charge in [0.05, 0.1) is 12.2 Å². The Kier molecular flexibility index (Phi) is 5.32. The van der Waals surface area contributed by atoms with Gasteiger partial charge in [-0.2, -0.15) is 0 Å². The molecule has 0 fully saturated rings. The predicted octanol–water partition coefficient (Wildman–Crippen LogP) is 4.14. The summed E-state index contributed by atoms with van der Waals surface area (Å²) >= 11 is -1.06. The Labute approximate surface area is 167 Å². The monoisotopic (exact) mass is 391 g/mol. The highest BCUT2D eigenvalue weighted by Gasteiger charge is 2.32. The highest BCUT2D eigenvalue weighted by Crippen LogP contribution is 2.33. The van der Waals surface area contributed by atoms with Gasteiger partial charge in [-0.1, -0.05) is 36.4 Å². The van der Waals surface area contributed by atoms with Crippen LogP contribution >= 0.6 is 0 Å². The lowest BCUT2D eigenvalue weighted by atomic mass is 10.1. The van der Waals surface area contributed by atoms with E-state index in [4.69, 9.17) is 0 Å². The summed E-state index contributed by atoms with van der Waals surface area (Å²) in [5.74, 6) is 0.661. The molecule has 28 heavy (non-hydrogen) atoms. The van der Waals surface area contributed by atoms with Crippen molar-refractivity contribution in [3.8, 4) is 0 Å². The summed E-state index contributed by atoms with van der Waals surface area (Å²) in [7, 11) is 0. The molecule has 142 valence electrons. The van der Waals surface area contributed by atoms with E-state index >= 15 is 0 Å². The lowest BCUT2D eigenvalue weighted by molar-refractivity contribution is 0.201. The third-order valence-corrected chi connectivity index (χ3v) is 5.78. The number of carbonyl (C=O) groups excluding carboxylic acids is 1. The fourth-order valence-corrected chi connectivity index (χ4v) is 3.88. The molecule has 1 atom stereocenters. The zero-order valence-corrected chi connectivity index (χ0v) is 16.4. The van der Waals surface area contributed by atoms with Gasteiger partial charge in [-0.05, 0) is 53.5 Å². The Hall–Kier alpha value is -2.83. The highest BCUT2D eigenvalue weighted by molar-refractivity contribution is 7.90. The number of rotatable bonds is 5. The van der Waals surface area contributed by atoms with Crippen molar-refractivity contribution in [1.82, 2.24) is 9.88 Å². The molecule has 1 aliphatic heterocycles. The first-order chi connectivity index (χ1) is 13.6. The number of hydrogen-bond donors (Lipinski definition) is 0. The number of hydrogen-bond acceptors (Lipinski definition) is 3. The predicted molar refractivity (Wildman–Crippen MR) is 111 cm³/mol. The summed E-state index contributed by atoms with van der Waals surface area (Å²) in [5.41, 5.74) is 2.94. The highest BCUT2D eigenvalue weighted by atomic mass is 32.2. The van der Waals surface area contributed by atoms with Gasteiger partial charge in [-0.3, -0.25) is 0 Å². The molecule has 0 bridgehead atoms. The van der Waals surface area contributed by atoms with Crippen molar-refractivity contribution < 1.29 is 9.35 Å². The topological polar surface area (TPSA) is 59.5 Å². The van der Waals surface area contributed by atoms with Crippen LogP contribution in [-0.4, -0.2) is 33.3 Å². The molecule has 0 N–H and O–H groups in total. The van der Waals surface area contributed by atoms with Crippen molar-refractivity contribution in [3.63, 3.8) is 0 Å². The van der Waals surface area contributed by atoms with E-state index in [-0.39, 0.29) is 6.03 Å². The Bertz CT molecular complexity index is 961. The first kappa shape index (κ1) is 18.5. The molecule has 0 radical (unpaired) electrons. The fourth-order valence-electron chi connectivity index (χ4n) is 3.36. The lowest BCUT2D eigenvalue weighted by Gasteiger charge is -2.36. The van der Waals surface area contributed by atoms with Gasteiger partial charge in [-0.25, -0.2) is 14.7 Å². The van der Waals surface area contributed by atoms with Crippen molar-refractivity contribution >= 4 is 28.7 Å². The van der Waals surface area contributed by atoms with E-state index in [2.05, 4.69) is 17.1 Å². The minimum absolute atomic E-state index is 0.0903. The van der Waals surface area contributed by atoms with E-state index in [1.54, 1.807) is 29.5 Å². The molecular weight excluding hydrogens is 370 g/mol. The van der Waals surface area contributed by atoms with Crippen molar-refractivity contribution in [1.29, 1.82) is 0 Å². The van der Waals surface area contributed by atoms with E-state index in [0.29, 0.717) is 18.9 Å². The van der Waals surface area contributed by atoms with Crippen molar-refractivity contribution in [2.24, 2.45) is 0 Å². The second kappa shape index (κ2) is 8.04. The molecule has 0 saturated heterocycles. The summed E-state index contributed by atoms with van der Waals surface area (Å²) in [6, 6.07) is 21.2. The normalized spacial score (nSPS) is 14.7. The molecule has 5 nitrogen and oxygen atoms in total. The second-order valence-electron chi connectivity index (χ2n) is 6.71. The van der Waals surface area contributed by atoms with E-state index in [1.165, 1.54) is 5.56 Å². The molecule has 2 aromatic carbocycles. The molecule has 0 saturated carbocycles. The maximum absolute atomic E-state index is 13.3. The average Bonchev–Trinajstić information content (AvgIpc) is 2.73. The molecule has 3 aromatic rings. The summed E-state index contributed by atoms with van der Waals surface area (Å²) < 4.78 is 11.7. The second-order valence-corrected chi connectivity index (χ2v) is 8.09. The van der Waals surface area contributed by atoms with Gasteiger partial charge >= 0.3 is 6.03 Å². The van der Waals surface area contributed by atoms with Crippen LogP contribution < -0.4 is 4.90 Å². The SMILES string of the molecule is C[S+]([O-])c1ccc(N2C(=O)N(CCc3ccccc3)Cc3cccnc32)cc1. The Morgan fingerprint density at radius 1 is 1.04 bits per heavy atom. The Balaban J connectivity index is 1.63. The molecule has 1 aromatic heterocycles. The van der Waals surface area contributed by atoms with Crippen LogP contribution in [0.5, 0.6) is 0 Å². The van der Waals surface area contributed by atoms with Crippen molar-refractivity contribution in [2.75, 3.05) is 17.7 Å². The van der Waals surface area contributed by atoms with Crippen LogP contribution in [0.25, 0.3) is 0 Å². The van der Waals surface area contributed by atoms with Crippen molar-refractivity contribution in [3.05, 3.63) is 84.1 Å². The van der Waals surface area contributed by atoms with Crippen LogP contribution in [0.3, 0.4) is 0 Å². The number of fused-ring (bicyclic) bond motifs is 1. The molecule has 0 aliphatic carbocycles. The Morgan fingerprint density at radius 3 is 2.50 bits per heavy atom. The molecule has 4 rings (SSSR count). The van der Waals surface area contributed by atoms with Crippen LogP contribution in [0.1, 0.15) is 11.1 Å². The molecule has 2 amide bonds. The standard InChI is InChI=1S/C22H21N3O2S/c1-28(27)20-11-9-19(10-12-20)25-21-18(8-5-14-23-21)16-24(22(25)26)15-13-17-6-3-2-4-7-17/h2-12,14H,13,15-16H2,1H3. The van der Waals surface area contributed by atoms with E-state index in [9.17, 15) is 9.35 Å². The number of carbonyl (C=O) groups is 1. The molecule has 2 heterocycles. The smallest absolute Gasteiger partial charge is 0.330 e. The summed E-state index contributed by atoms with van der Waals surface area (Å²) in [6.07, 6.45) is 4.14. The molecule has 1 aliphatic rings. The zero-order chi connectivity index (χ0) is 19.5. The molecule has 6 heteroatoms. The summed E-state index contributed by atoms with van der Waals surface area (Å²) in [5, 5.41) is 0. The number of aromatic nitrogens is 1. The maximum Gasteiger partial charge on any atom is 0.330 e. The zero-order valence-electron chi connectivity index (χ0n) is 15.6. The van der Waals surface area contributed by atoms with Gasteiger partial charge < -0.3 is 9.45 Å². The molecule has 0 spiro atoms. The largest absolute Gasteiger partial charge is 0.612 e. The van der Waals surface area contributed by atoms with Crippen molar-refractivity contribution in [2.45, 2.75) is 17.9 Å². The van der Waals surface area contributed by atoms with Crippen LogP contribution in [0.15, 0.2) is 77.8 Å². The van der Waals surface area contributed by atoms with Gasteiger partial charge in [0, 0.05) is 18.3 Å². The van der Waals surface area contributed by atoms with Gasteiger partial charge in [0.2, 0.25) is 0 Å². The minimum Gasteiger partial charge on any atom is -0.612 e. The first-order valence-electron chi connectivity index (χ1n) is 9.14. The number of urea groups is 1. The van der Waals surface area contributed by atoms with E-state index < -0.39 is 11.2 Å². The van der Waals surface area contributed by atoms with Gasteiger partial charge in [0.25, 0.3) is 0 Å². The fraction of sp³-hybridized carbons (Fsp3) is 0.182. The molecule has 1 unspecified atom stereocenters. The number of nitrogens with zero attached hydrogens (tertiary/aromatic N) is 3. The third-order valence-electron chi connectivity index (χ3n) is 4.84. The Morgan fingerprint density at radius 2 is 1.79 bits per heavy atom. The quantitative estimate of drug-likeness (QED) is 0.614. The lowest BCUT2D eigenvalue weighted by Crippen LogP contribution is -2.45. The minimum atomic E-state index is -1.06. The van der Waals surface area contributed by atoms with Gasteiger partial charge in [0.15, 0.2) is 4.90 Å². The molecular formula is C22H21N3O2S. The van der Waals surface area contributed by atoms with Crippen LogP contribution in [0.2, 0.25) is 0 Å². The van der Waals surface area contributed by atoms with Gasteiger partial charge in [-0.15, -0.1) is 0 Å². The average molecular weight is 391 g/mol. The first-order valence-corrected chi connectivity index (χ1v) is 10.7.